The number of aryl methyl sites for hydroxylation is 1. The number of para-hydroxylation sites is 1. The number of nitrogens with one attached hydrogen (secondary N) is 2. The molecule has 3 aromatic carbocycles. The Morgan fingerprint density at radius 1 is 0.984 bits per heavy atom. The summed E-state index contributed by atoms with van der Waals surface area (Å²) in [7, 11) is 0. The SMILES string of the molecule is CC1(C)C(C=C(Cl)Cl)C1C(=O)OC(C#N)c1ccc(F)c(Oc2ccccc2)c1.Cc1cc(Cl)cc(C(=O)NC(C)C)c1NC(=O)c1cc(C(F)(F)F)nn1-c1ncccc1Cl. The zero-order chi connectivity index (χ0) is 45.7. The molecular weight excluding hydrogens is 898 g/mol. The highest BCUT2D eigenvalue weighted by Gasteiger charge is 2.62. The summed E-state index contributed by atoms with van der Waals surface area (Å²) in [4.78, 5) is 42.3. The van der Waals surface area contributed by atoms with E-state index in [1.807, 2.05) is 26.0 Å². The van der Waals surface area contributed by atoms with Gasteiger partial charge in [0.25, 0.3) is 11.8 Å². The zero-order valence-corrected chi connectivity index (χ0v) is 36.3. The average molecular weight is 935 g/mol. The Hall–Kier alpha value is -5.66. The van der Waals surface area contributed by atoms with E-state index in [9.17, 15) is 37.2 Å². The van der Waals surface area contributed by atoms with E-state index in [0.29, 0.717) is 27.6 Å². The van der Waals surface area contributed by atoms with E-state index >= 15 is 0 Å². The molecule has 0 bridgehead atoms. The summed E-state index contributed by atoms with van der Waals surface area (Å²) >= 11 is 23.6. The first kappa shape index (κ1) is 47.4. The van der Waals surface area contributed by atoms with Crippen molar-refractivity contribution in [2.24, 2.45) is 17.3 Å². The first-order valence-corrected chi connectivity index (χ1v) is 20.0. The summed E-state index contributed by atoms with van der Waals surface area (Å²) in [6.07, 6.45) is -3.12. The predicted octanol–water partition coefficient (Wildman–Crippen LogP) is 11.6. The van der Waals surface area contributed by atoms with Gasteiger partial charge in [0.05, 0.1) is 22.2 Å². The normalized spacial score (nSPS) is 15.6. The Kier molecular flexibility index (Phi) is 15.0. The molecule has 5 aromatic rings. The van der Waals surface area contributed by atoms with Crippen LogP contribution in [0.2, 0.25) is 10.0 Å². The average Bonchev–Trinajstić information content (AvgIpc) is 3.48. The number of hydrogen-bond acceptors (Lipinski definition) is 8. The second kappa shape index (κ2) is 19.6. The van der Waals surface area contributed by atoms with Crippen LogP contribution in [0.4, 0.5) is 23.2 Å². The molecule has 62 heavy (non-hydrogen) atoms. The van der Waals surface area contributed by atoms with Gasteiger partial charge in [0, 0.05) is 28.9 Å². The van der Waals surface area contributed by atoms with Crippen LogP contribution >= 0.6 is 46.4 Å². The monoisotopic (exact) mass is 932 g/mol. The molecule has 1 fully saturated rings. The van der Waals surface area contributed by atoms with Crippen molar-refractivity contribution in [2.75, 3.05) is 5.32 Å². The van der Waals surface area contributed by atoms with Gasteiger partial charge >= 0.3 is 12.1 Å². The van der Waals surface area contributed by atoms with E-state index in [0.717, 1.165) is 0 Å². The predicted molar refractivity (Wildman–Crippen MR) is 226 cm³/mol. The first-order chi connectivity index (χ1) is 29.1. The van der Waals surface area contributed by atoms with Crippen LogP contribution in [0.3, 0.4) is 0 Å². The van der Waals surface area contributed by atoms with Gasteiger partial charge in [-0.25, -0.2) is 14.1 Å². The maximum atomic E-state index is 14.2. The molecule has 0 spiro atoms. The van der Waals surface area contributed by atoms with E-state index in [1.54, 1.807) is 51.1 Å². The Morgan fingerprint density at radius 3 is 2.29 bits per heavy atom. The number of pyridine rings is 1. The van der Waals surface area contributed by atoms with E-state index in [2.05, 4.69) is 20.7 Å². The van der Waals surface area contributed by atoms with Crippen molar-refractivity contribution in [1.82, 2.24) is 20.1 Å². The molecule has 19 heteroatoms. The number of esters is 1. The third-order valence-corrected chi connectivity index (χ3v) is 10.2. The summed E-state index contributed by atoms with van der Waals surface area (Å²) in [5.41, 5.74) is -1.27. The van der Waals surface area contributed by atoms with Crippen molar-refractivity contribution in [3.63, 3.8) is 0 Å². The van der Waals surface area contributed by atoms with Gasteiger partial charge in [-0.2, -0.15) is 23.5 Å². The quantitative estimate of drug-likeness (QED) is 0.0982. The number of carbonyl (C=O) groups is 3. The molecule has 6 rings (SSSR count). The van der Waals surface area contributed by atoms with Crippen LogP contribution in [0.15, 0.2) is 95.6 Å². The molecule has 1 aliphatic rings. The number of carbonyl (C=O) groups excluding carboxylic acids is 3. The Bertz CT molecular complexity index is 2560. The number of alkyl halides is 3. The van der Waals surface area contributed by atoms with E-state index in [-0.39, 0.29) is 54.7 Å². The topological polar surface area (TPSA) is 148 Å². The number of rotatable bonds is 11. The standard InChI is InChI=1S/C22H18Cl2FNO3.C21H18Cl2F3N5O2/c1-22(2)15(11-19(23)24)20(22)21(27)29-18(12-26)13-8-9-16(25)17(10-13)28-14-6-4-3-5-7-14;1-10(2)28-19(32)13-8-12(22)7-11(3)17(13)29-20(33)15-9-16(21(24,25)26)30-31(15)18-14(23)5-4-6-27-18/h3-11,15,18,20H,1-2H3;4-10H,1-3H3,(H,28,32)(H,29,33). The number of anilines is 1. The van der Waals surface area contributed by atoms with Crippen molar-refractivity contribution in [2.45, 2.75) is 52.9 Å². The van der Waals surface area contributed by atoms with Crippen LogP contribution in [0.1, 0.15) is 71.5 Å². The maximum absolute atomic E-state index is 14.2. The molecule has 1 saturated carbocycles. The molecule has 0 aliphatic heterocycles. The molecule has 3 unspecified atom stereocenters. The van der Waals surface area contributed by atoms with Crippen molar-refractivity contribution in [1.29, 1.82) is 5.26 Å². The number of allylic oxidation sites excluding steroid dienone is 1. The lowest BCUT2D eigenvalue weighted by Gasteiger charge is -2.16. The number of halogens is 8. The summed E-state index contributed by atoms with van der Waals surface area (Å²) in [5.74, 6) is -3.01. The van der Waals surface area contributed by atoms with Gasteiger partial charge in [0.1, 0.15) is 22.0 Å². The number of benzene rings is 3. The van der Waals surface area contributed by atoms with Gasteiger partial charge in [0.15, 0.2) is 23.1 Å². The number of aromatic nitrogens is 3. The van der Waals surface area contributed by atoms with E-state index < -0.39 is 53.2 Å². The van der Waals surface area contributed by atoms with E-state index in [4.69, 9.17) is 55.9 Å². The lowest BCUT2D eigenvalue weighted by atomic mass is 10.1. The number of ether oxygens (including phenoxy) is 2. The minimum absolute atomic E-state index is 0.0111. The number of nitriles is 1. The van der Waals surface area contributed by atoms with Gasteiger partial charge in [-0.15, -0.1) is 0 Å². The number of nitrogens with zero attached hydrogens (tertiary/aromatic N) is 4. The van der Waals surface area contributed by atoms with Crippen molar-refractivity contribution < 1.29 is 41.4 Å². The molecule has 11 nitrogen and oxygen atoms in total. The molecule has 2 heterocycles. The van der Waals surface area contributed by atoms with Crippen LogP contribution in [-0.4, -0.2) is 38.6 Å². The fraction of sp³-hybridized carbons (Fsp3) is 0.256. The molecule has 2 amide bonds. The molecule has 324 valence electrons. The second-order valence-corrected chi connectivity index (χ2v) is 16.5. The van der Waals surface area contributed by atoms with Gasteiger partial charge in [-0.3, -0.25) is 14.4 Å². The van der Waals surface area contributed by atoms with Crippen molar-refractivity contribution in [3.8, 4) is 23.4 Å². The third-order valence-electron chi connectivity index (χ3n) is 9.43. The summed E-state index contributed by atoms with van der Waals surface area (Å²) in [6.45, 7) is 8.88. The third kappa shape index (κ3) is 11.4. The van der Waals surface area contributed by atoms with Crippen LogP contribution in [0.25, 0.3) is 5.82 Å². The van der Waals surface area contributed by atoms with E-state index in [1.165, 1.54) is 48.7 Å². The zero-order valence-electron chi connectivity index (χ0n) is 33.3. The molecule has 0 saturated heterocycles. The smallest absolute Gasteiger partial charge is 0.435 e. The summed E-state index contributed by atoms with van der Waals surface area (Å²) in [5, 5.41) is 18.4. The summed E-state index contributed by atoms with van der Waals surface area (Å²) < 4.78 is 66.0. The van der Waals surface area contributed by atoms with Gasteiger partial charge in [0.2, 0.25) is 6.10 Å². The maximum Gasteiger partial charge on any atom is 0.435 e. The molecular formula is C43H36Cl4F4N6O5. The van der Waals surface area contributed by atoms with Crippen molar-refractivity contribution >= 4 is 69.9 Å². The second-order valence-electron chi connectivity index (χ2n) is 14.7. The Labute approximate surface area is 373 Å². The summed E-state index contributed by atoms with van der Waals surface area (Å²) in [6, 6.07) is 20.7. The van der Waals surface area contributed by atoms with Crippen LogP contribution in [0, 0.1) is 41.3 Å². The highest BCUT2D eigenvalue weighted by Crippen LogP contribution is 2.60. The number of amides is 2. The minimum atomic E-state index is -4.82. The molecule has 2 aromatic heterocycles. The highest BCUT2D eigenvalue weighted by molar-refractivity contribution is 6.55. The van der Waals surface area contributed by atoms with Crippen LogP contribution in [0.5, 0.6) is 11.5 Å². The van der Waals surface area contributed by atoms with Crippen LogP contribution < -0.4 is 15.4 Å². The Morgan fingerprint density at radius 2 is 1.68 bits per heavy atom. The minimum Gasteiger partial charge on any atom is -0.454 e. The highest BCUT2D eigenvalue weighted by atomic mass is 35.5. The lowest BCUT2D eigenvalue weighted by Crippen LogP contribution is -2.31. The first-order valence-electron chi connectivity index (χ1n) is 18.5. The molecule has 1 aliphatic carbocycles. The lowest BCUT2D eigenvalue weighted by molar-refractivity contribution is -0.149. The fourth-order valence-corrected chi connectivity index (χ4v) is 7.04. The molecule has 2 N–H and O–H groups in total. The number of hydrogen-bond donors (Lipinski definition) is 2. The molecule has 0 radical (unpaired) electrons. The van der Waals surface area contributed by atoms with Gasteiger partial charge in [-0.05, 0) is 92.3 Å². The van der Waals surface area contributed by atoms with Crippen molar-refractivity contribution in [3.05, 3.63) is 140 Å². The van der Waals surface area contributed by atoms with Crippen LogP contribution in [-0.2, 0) is 15.7 Å². The largest absolute Gasteiger partial charge is 0.454 e. The van der Waals surface area contributed by atoms with Gasteiger partial charge in [-0.1, -0.05) is 84.5 Å². The molecule has 3 atom stereocenters. The Balaban J connectivity index is 0.000000236. The van der Waals surface area contributed by atoms with Gasteiger partial charge < -0.3 is 20.1 Å². The fourth-order valence-electron chi connectivity index (χ4n) is 6.29.